The fourth-order valence-corrected chi connectivity index (χ4v) is 3.17. The lowest BCUT2D eigenvalue weighted by Crippen LogP contribution is -2.14. The van der Waals surface area contributed by atoms with E-state index in [-0.39, 0.29) is 5.88 Å². The van der Waals surface area contributed by atoms with Gasteiger partial charge < -0.3 is 10.1 Å². The first-order chi connectivity index (χ1) is 8.74. The summed E-state index contributed by atoms with van der Waals surface area (Å²) in [5.41, 5.74) is 0.920. The lowest BCUT2D eigenvalue weighted by Gasteiger charge is -2.26. The lowest BCUT2D eigenvalue weighted by atomic mass is 9.80. The van der Waals surface area contributed by atoms with Crippen molar-refractivity contribution in [3.63, 3.8) is 0 Å². The second-order valence-electron chi connectivity index (χ2n) is 5.68. The first-order valence-electron chi connectivity index (χ1n) is 7.52. The van der Waals surface area contributed by atoms with E-state index in [1.807, 2.05) is 0 Å². The Hall–Kier alpha value is -0.990. The van der Waals surface area contributed by atoms with Crippen LogP contribution >= 0.6 is 0 Å². The van der Waals surface area contributed by atoms with Crippen LogP contribution in [-0.4, -0.2) is 15.1 Å². The van der Waals surface area contributed by atoms with Crippen LogP contribution in [0.5, 0.6) is 5.88 Å². The van der Waals surface area contributed by atoms with Crippen molar-refractivity contribution in [2.24, 2.45) is 5.92 Å². The zero-order valence-corrected chi connectivity index (χ0v) is 11.7. The number of aromatic hydroxyl groups is 1. The first kappa shape index (κ1) is 13.4. The summed E-state index contributed by atoms with van der Waals surface area (Å²) in [5.74, 6) is 2.70. The van der Waals surface area contributed by atoms with Crippen LogP contribution in [0.4, 0.5) is 0 Å². The minimum atomic E-state index is 0.225. The highest BCUT2D eigenvalue weighted by Crippen LogP contribution is 2.37. The number of nitrogens with zero attached hydrogens (tertiary/aromatic N) is 1. The van der Waals surface area contributed by atoms with Crippen LogP contribution < -0.4 is 0 Å². The Bertz CT molecular complexity index is 365. The average molecular weight is 250 g/mol. The molecule has 1 heterocycles. The van der Waals surface area contributed by atoms with Crippen molar-refractivity contribution in [2.75, 3.05) is 0 Å². The molecule has 0 amide bonds. The second-order valence-corrected chi connectivity index (χ2v) is 5.68. The van der Waals surface area contributed by atoms with Crippen molar-refractivity contribution in [3.05, 3.63) is 11.5 Å². The zero-order valence-electron chi connectivity index (χ0n) is 11.7. The molecule has 102 valence electrons. The van der Waals surface area contributed by atoms with Gasteiger partial charge in [-0.15, -0.1) is 0 Å². The van der Waals surface area contributed by atoms with Crippen LogP contribution in [0.3, 0.4) is 0 Å². The summed E-state index contributed by atoms with van der Waals surface area (Å²) in [4.78, 5) is 7.66. The smallest absolute Gasteiger partial charge is 0.232 e. The van der Waals surface area contributed by atoms with Crippen molar-refractivity contribution in [3.8, 4) is 5.88 Å². The topological polar surface area (TPSA) is 48.9 Å². The molecule has 0 aliphatic heterocycles. The third kappa shape index (κ3) is 3.06. The number of aryl methyl sites for hydroxylation is 1. The van der Waals surface area contributed by atoms with E-state index in [4.69, 9.17) is 0 Å². The van der Waals surface area contributed by atoms with E-state index < -0.39 is 0 Å². The number of aromatic amines is 1. The Morgan fingerprint density at radius 2 is 1.89 bits per heavy atom. The number of aromatic nitrogens is 2. The van der Waals surface area contributed by atoms with Gasteiger partial charge in [-0.25, -0.2) is 0 Å². The van der Waals surface area contributed by atoms with E-state index in [0.29, 0.717) is 5.92 Å². The van der Waals surface area contributed by atoms with Crippen LogP contribution in [0, 0.1) is 5.92 Å². The molecular formula is C15H26N2O. The molecule has 2 N–H and O–H groups in total. The maximum Gasteiger partial charge on any atom is 0.232 e. The molecule has 3 heteroatoms. The fraction of sp³-hybridized carbons (Fsp3) is 0.800. The second kappa shape index (κ2) is 6.26. The van der Waals surface area contributed by atoms with Gasteiger partial charge >= 0.3 is 0 Å². The summed E-state index contributed by atoms with van der Waals surface area (Å²) in [6, 6.07) is 0. The van der Waals surface area contributed by atoms with Gasteiger partial charge in [0.05, 0.1) is 5.69 Å². The highest BCUT2D eigenvalue weighted by atomic mass is 16.3. The van der Waals surface area contributed by atoms with E-state index >= 15 is 0 Å². The van der Waals surface area contributed by atoms with Gasteiger partial charge in [0, 0.05) is 5.92 Å². The molecule has 0 saturated heterocycles. The van der Waals surface area contributed by atoms with Gasteiger partial charge in [0.25, 0.3) is 0 Å². The fourth-order valence-electron chi connectivity index (χ4n) is 3.17. The molecule has 0 atom stereocenters. The minimum Gasteiger partial charge on any atom is -0.492 e. The molecule has 3 nitrogen and oxygen atoms in total. The van der Waals surface area contributed by atoms with Crippen LogP contribution in [0.1, 0.15) is 76.2 Å². The van der Waals surface area contributed by atoms with Crippen LogP contribution in [0.15, 0.2) is 0 Å². The summed E-state index contributed by atoms with van der Waals surface area (Å²) in [6.45, 7) is 4.39. The third-order valence-electron chi connectivity index (χ3n) is 4.21. The van der Waals surface area contributed by atoms with Crippen LogP contribution in [0.25, 0.3) is 0 Å². The van der Waals surface area contributed by atoms with E-state index in [0.717, 1.165) is 30.3 Å². The predicted molar refractivity (Wildman–Crippen MR) is 73.9 cm³/mol. The normalized spacial score (nSPS) is 24.3. The maximum absolute atomic E-state index is 9.79. The summed E-state index contributed by atoms with van der Waals surface area (Å²) in [7, 11) is 0. The molecule has 1 saturated carbocycles. The Morgan fingerprint density at radius 3 is 2.50 bits per heavy atom. The molecule has 0 aromatic carbocycles. The van der Waals surface area contributed by atoms with Gasteiger partial charge in [0.15, 0.2) is 0 Å². The van der Waals surface area contributed by atoms with Gasteiger partial charge in [0.2, 0.25) is 5.88 Å². The highest BCUT2D eigenvalue weighted by molar-refractivity contribution is 5.21. The number of hydrogen-bond acceptors (Lipinski definition) is 2. The summed E-state index contributed by atoms with van der Waals surface area (Å²) in [5, 5.41) is 9.79. The molecule has 18 heavy (non-hydrogen) atoms. The van der Waals surface area contributed by atoms with E-state index in [1.165, 1.54) is 38.5 Å². The Balaban J connectivity index is 1.94. The van der Waals surface area contributed by atoms with Crippen molar-refractivity contribution < 1.29 is 5.11 Å². The van der Waals surface area contributed by atoms with Crippen molar-refractivity contribution >= 4 is 0 Å². The monoisotopic (exact) mass is 250 g/mol. The molecular weight excluding hydrogens is 224 g/mol. The van der Waals surface area contributed by atoms with Gasteiger partial charge in [-0.3, -0.25) is 0 Å². The third-order valence-corrected chi connectivity index (χ3v) is 4.21. The standard InChI is InChI=1S/C15H26N2O/c1-3-5-11-7-9-12(10-8-11)14-16-13(6-4-2)15(18)17-14/h11-12,18H,3-10H2,1-2H3,(H,16,17). The number of rotatable bonds is 5. The minimum absolute atomic E-state index is 0.225. The van der Waals surface area contributed by atoms with E-state index in [9.17, 15) is 5.11 Å². The molecule has 0 spiro atoms. The highest BCUT2D eigenvalue weighted by Gasteiger charge is 2.24. The molecule has 0 bridgehead atoms. The predicted octanol–water partition coefficient (Wildman–Crippen LogP) is 4.14. The largest absolute Gasteiger partial charge is 0.492 e. The molecule has 1 fully saturated rings. The van der Waals surface area contributed by atoms with E-state index in [2.05, 4.69) is 23.8 Å². The number of imidazole rings is 1. The van der Waals surface area contributed by atoms with Gasteiger partial charge in [-0.05, 0) is 38.0 Å². The first-order valence-corrected chi connectivity index (χ1v) is 7.52. The quantitative estimate of drug-likeness (QED) is 0.825. The molecule has 1 aliphatic rings. The Morgan fingerprint density at radius 1 is 1.17 bits per heavy atom. The molecule has 1 aliphatic carbocycles. The van der Waals surface area contributed by atoms with Crippen LogP contribution in [-0.2, 0) is 6.42 Å². The summed E-state index contributed by atoms with van der Waals surface area (Å²) >= 11 is 0. The molecule has 0 radical (unpaired) electrons. The van der Waals surface area contributed by atoms with Gasteiger partial charge in [0.1, 0.15) is 5.82 Å². The van der Waals surface area contributed by atoms with Gasteiger partial charge in [-0.1, -0.05) is 33.1 Å². The van der Waals surface area contributed by atoms with Crippen molar-refractivity contribution in [1.29, 1.82) is 0 Å². The average Bonchev–Trinajstić information content (AvgIpc) is 2.73. The number of H-pyrrole nitrogens is 1. The molecule has 0 unspecified atom stereocenters. The summed E-state index contributed by atoms with van der Waals surface area (Å²) < 4.78 is 0. The van der Waals surface area contributed by atoms with E-state index in [1.54, 1.807) is 0 Å². The number of hydrogen-bond donors (Lipinski definition) is 2. The summed E-state index contributed by atoms with van der Waals surface area (Å²) in [6.07, 6.45) is 9.70. The van der Waals surface area contributed by atoms with Gasteiger partial charge in [-0.2, -0.15) is 4.98 Å². The Kier molecular flexibility index (Phi) is 4.67. The molecule has 1 aromatic rings. The Labute approximate surface area is 110 Å². The maximum atomic E-state index is 9.79. The SMILES string of the molecule is CCCc1[nH]c(C2CCC(CCC)CC2)nc1O. The number of nitrogens with one attached hydrogen (secondary N) is 1. The van der Waals surface area contributed by atoms with Crippen molar-refractivity contribution in [1.82, 2.24) is 9.97 Å². The molecule has 2 rings (SSSR count). The lowest BCUT2D eigenvalue weighted by molar-refractivity contribution is 0.302. The van der Waals surface area contributed by atoms with Crippen molar-refractivity contribution in [2.45, 2.75) is 71.1 Å². The zero-order chi connectivity index (χ0) is 13.0. The molecule has 1 aromatic heterocycles. The van der Waals surface area contributed by atoms with Crippen LogP contribution in [0.2, 0.25) is 0 Å².